The zero-order valence-electron chi connectivity index (χ0n) is 69.4. The summed E-state index contributed by atoms with van der Waals surface area (Å²) in [6.07, 6.45) is 57.5. The van der Waals surface area contributed by atoms with E-state index in [1.807, 2.05) is 36.4 Å². The zero-order valence-corrected chi connectivity index (χ0v) is 71.8. The molecular formula is C94H140N4O10S3. The second kappa shape index (κ2) is 58.3. The minimum absolute atomic E-state index is 0.346. The van der Waals surface area contributed by atoms with Crippen LogP contribution in [0.3, 0.4) is 0 Å². The second-order valence-electron chi connectivity index (χ2n) is 30.4. The molecule has 0 amide bonds. The average Bonchev–Trinajstić information content (AvgIpc) is 1.80. The number of aromatic nitrogens is 4. The van der Waals surface area contributed by atoms with Crippen molar-refractivity contribution < 1.29 is 47.5 Å². The number of ether oxygens (including phenoxy) is 8. The standard InChI is InChI=1S/C94H140N4O10S3/c1-7-13-19-25-31-37-43-49-65-101-81-71-77(72-82(102-66-50-44-38-32-26-20-14-8-2)87(81)105-69-53-47-41-35-29-23-17-11-5)93(99)107-79-59-55-75(56-60-79)89-95-97-91(110-89)85-63-64-86(109-85)92-98-96-90(111-92)76-57-61-80(62-58-76)108-94(100)78-73-83(103-67-51-45-39-33-27-21-15-9-3)88(106-70-54-48-42-36-30-24-18-12-6)84(74-78)104-68-52-46-40-34-28-22-16-10-4/h55-64,71-74H,7-54,65-70H2,1-6H3. The molecule has 0 aliphatic carbocycles. The maximum atomic E-state index is 14.2. The van der Waals surface area contributed by atoms with Crippen LogP contribution >= 0.6 is 34.0 Å². The molecule has 0 unspecified atom stereocenters. The van der Waals surface area contributed by atoms with E-state index in [0.29, 0.717) is 96.8 Å². The fourth-order valence-electron chi connectivity index (χ4n) is 13.7. The van der Waals surface area contributed by atoms with Gasteiger partial charge < -0.3 is 37.9 Å². The van der Waals surface area contributed by atoms with E-state index in [1.165, 1.54) is 254 Å². The van der Waals surface area contributed by atoms with Crippen LogP contribution in [0.2, 0.25) is 0 Å². The molecule has 4 aromatic carbocycles. The van der Waals surface area contributed by atoms with Crippen molar-refractivity contribution in [3.8, 4) is 86.9 Å². The number of hydrogen-bond donors (Lipinski definition) is 0. The molecule has 111 heavy (non-hydrogen) atoms. The molecule has 3 aromatic heterocycles. The Morgan fingerprint density at radius 2 is 0.468 bits per heavy atom. The first-order valence-electron chi connectivity index (χ1n) is 44.3. The number of benzene rings is 4. The summed E-state index contributed by atoms with van der Waals surface area (Å²) in [5.41, 5.74) is 2.40. The summed E-state index contributed by atoms with van der Waals surface area (Å²) in [6.45, 7) is 16.7. The van der Waals surface area contributed by atoms with Crippen LogP contribution in [0.15, 0.2) is 84.9 Å². The van der Waals surface area contributed by atoms with Crippen LogP contribution in [0.25, 0.3) is 40.9 Å². The minimum atomic E-state index is -0.502. The molecule has 0 fully saturated rings. The number of carbonyl (C=O) groups is 2. The summed E-state index contributed by atoms with van der Waals surface area (Å²) in [4.78, 5) is 30.4. The lowest BCUT2D eigenvalue weighted by molar-refractivity contribution is 0.0724. The third-order valence-corrected chi connectivity index (χ3v) is 23.9. The van der Waals surface area contributed by atoms with Crippen molar-refractivity contribution in [2.75, 3.05) is 39.6 Å². The predicted molar refractivity (Wildman–Crippen MR) is 464 cm³/mol. The quantitative estimate of drug-likeness (QED) is 0.0201. The van der Waals surface area contributed by atoms with Crippen LogP contribution in [0.1, 0.15) is 370 Å². The van der Waals surface area contributed by atoms with Crippen molar-refractivity contribution in [2.45, 2.75) is 350 Å². The first-order valence-corrected chi connectivity index (χ1v) is 46.8. The third-order valence-electron chi connectivity index (χ3n) is 20.5. The lowest BCUT2D eigenvalue weighted by atomic mass is 10.1. The van der Waals surface area contributed by atoms with E-state index < -0.39 is 11.9 Å². The Bertz CT molecular complexity index is 3240. The molecule has 7 rings (SSSR count). The molecule has 0 saturated heterocycles. The molecule has 0 bridgehead atoms. The van der Waals surface area contributed by atoms with Gasteiger partial charge >= 0.3 is 11.9 Å². The van der Waals surface area contributed by atoms with Gasteiger partial charge in [-0.05, 0) is 123 Å². The molecular weight excluding hydrogens is 1440 g/mol. The lowest BCUT2D eigenvalue weighted by Crippen LogP contribution is -2.12. The largest absolute Gasteiger partial charge is 0.490 e. The van der Waals surface area contributed by atoms with Crippen LogP contribution in [-0.4, -0.2) is 72.0 Å². The molecule has 0 N–H and O–H groups in total. The maximum absolute atomic E-state index is 14.2. The highest BCUT2D eigenvalue weighted by molar-refractivity contribution is 7.27. The van der Waals surface area contributed by atoms with Crippen molar-refractivity contribution >= 4 is 45.9 Å². The fraction of sp³-hybridized carbons (Fsp3) is 0.638. The highest BCUT2D eigenvalue weighted by atomic mass is 32.1. The fourth-order valence-corrected chi connectivity index (χ4v) is 16.5. The molecule has 0 spiro atoms. The van der Waals surface area contributed by atoms with Gasteiger partial charge in [0.05, 0.1) is 60.5 Å². The maximum Gasteiger partial charge on any atom is 0.343 e. The van der Waals surface area contributed by atoms with E-state index in [1.54, 1.807) is 59.9 Å². The van der Waals surface area contributed by atoms with E-state index in [2.05, 4.69) is 61.9 Å². The highest BCUT2D eigenvalue weighted by Crippen LogP contribution is 2.44. The summed E-state index contributed by atoms with van der Waals surface area (Å²) >= 11 is 4.57. The molecule has 614 valence electrons. The van der Waals surface area contributed by atoms with Crippen LogP contribution in [0, 0.1) is 0 Å². The van der Waals surface area contributed by atoms with Crippen LogP contribution in [0.5, 0.6) is 46.0 Å². The number of esters is 2. The van der Waals surface area contributed by atoms with Crippen molar-refractivity contribution in [2.24, 2.45) is 0 Å². The zero-order chi connectivity index (χ0) is 78.2. The molecule has 14 nitrogen and oxygen atoms in total. The van der Waals surface area contributed by atoms with Gasteiger partial charge in [0.15, 0.2) is 33.0 Å². The van der Waals surface area contributed by atoms with Crippen LogP contribution < -0.4 is 37.9 Å². The monoisotopic (exact) mass is 1580 g/mol. The summed E-state index contributed by atoms with van der Waals surface area (Å²) in [5.74, 6) is 3.05. The van der Waals surface area contributed by atoms with E-state index in [4.69, 9.17) is 37.9 Å². The van der Waals surface area contributed by atoms with Gasteiger partial charge in [-0.1, -0.05) is 334 Å². The Morgan fingerprint density at radius 1 is 0.252 bits per heavy atom. The number of carbonyl (C=O) groups excluding carboxylic acids is 2. The Hall–Kier alpha value is -6.56. The van der Waals surface area contributed by atoms with Gasteiger partial charge in [0.1, 0.15) is 21.5 Å². The molecule has 0 radical (unpaired) electrons. The molecule has 0 aliphatic rings. The number of hydrogen-bond acceptors (Lipinski definition) is 17. The summed E-state index contributed by atoms with van der Waals surface area (Å²) in [7, 11) is 0. The molecule has 3 heterocycles. The first-order chi connectivity index (χ1) is 54.7. The molecule has 0 aliphatic heterocycles. The molecule has 0 atom stereocenters. The summed E-state index contributed by atoms with van der Waals surface area (Å²) in [5, 5.41) is 21.5. The number of unbranched alkanes of at least 4 members (excludes halogenated alkanes) is 42. The van der Waals surface area contributed by atoms with Gasteiger partial charge in [-0.15, -0.1) is 31.7 Å². The average molecular weight is 1580 g/mol. The van der Waals surface area contributed by atoms with Crippen molar-refractivity contribution in [1.82, 2.24) is 20.4 Å². The Labute approximate surface area is 681 Å². The Morgan fingerprint density at radius 3 is 0.712 bits per heavy atom. The van der Waals surface area contributed by atoms with Gasteiger partial charge in [0.25, 0.3) is 0 Å². The minimum Gasteiger partial charge on any atom is -0.490 e. The Kier molecular flexibility index (Phi) is 48.1. The highest BCUT2D eigenvalue weighted by Gasteiger charge is 2.24. The number of rotatable bonds is 68. The summed E-state index contributed by atoms with van der Waals surface area (Å²) < 4.78 is 51.6. The van der Waals surface area contributed by atoms with E-state index in [0.717, 1.165) is 118 Å². The van der Waals surface area contributed by atoms with E-state index in [-0.39, 0.29) is 0 Å². The lowest BCUT2D eigenvalue weighted by Gasteiger charge is -2.19. The van der Waals surface area contributed by atoms with Gasteiger partial charge in [-0.25, -0.2) is 9.59 Å². The topological polar surface area (TPSA) is 160 Å². The smallest absolute Gasteiger partial charge is 0.343 e. The Balaban J connectivity index is 0.986. The normalized spacial score (nSPS) is 11.4. The molecule has 17 heteroatoms. The third kappa shape index (κ3) is 36.6. The van der Waals surface area contributed by atoms with Gasteiger partial charge in [0.2, 0.25) is 11.5 Å². The van der Waals surface area contributed by atoms with Crippen LogP contribution in [0.4, 0.5) is 0 Å². The predicted octanol–water partition coefficient (Wildman–Crippen LogP) is 29.7. The van der Waals surface area contributed by atoms with Gasteiger partial charge in [-0.2, -0.15) is 0 Å². The van der Waals surface area contributed by atoms with Crippen LogP contribution in [-0.2, 0) is 0 Å². The van der Waals surface area contributed by atoms with Crippen molar-refractivity contribution in [3.63, 3.8) is 0 Å². The second-order valence-corrected chi connectivity index (χ2v) is 33.4. The van der Waals surface area contributed by atoms with Gasteiger partial charge in [-0.3, -0.25) is 0 Å². The number of nitrogens with zero attached hydrogens (tertiary/aromatic N) is 4. The SMILES string of the molecule is CCCCCCCCCCOc1cc(C(=O)Oc2ccc(-c3nnc(-c4ccc(-c5nnc(-c6ccc(OC(=O)c7cc(OCCCCCCCCCC)c(OCCCCCCCCCC)c(OCCCCCCCCCC)c7)cc6)s5)s4)s3)cc2)cc(OCCCCCCCCCC)c1OCCCCCCCCCC. The van der Waals surface area contributed by atoms with Crippen molar-refractivity contribution in [3.05, 3.63) is 96.1 Å². The van der Waals surface area contributed by atoms with E-state index >= 15 is 0 Å². The summed E-state index contributed by atoms with van der Waals surface area (Å²) in [6, 6.07) is 26.0. The molecule has 7 aromatic rings. The van der Waals surface area contributed by atoms with Crippen molar-refractivity contribution in [1.29, 1.82) is 0 Å². The van der Waals surface area contributed by atoms with Gasteiger partial charge in [0, 0.05) is 11.1 Å². The molecule has 0 saturated carbocycles. The number of thiophene rings is 1. The van der Waals surface area contributed by atoms with E-state index in [9.17, 15) is 9.59 Å². The first kappa shape index (κ1) is 91.6.